The maximum atomic E-state index is 12.1. The first-order chi connectivity index (χ1) is 8.86. The molecule has 7 nitrogen and oxygen atoms in total. The van der Waals surface area contributed by atoms with Crippen molar-refractivity contribution in [2.24, 2.45) is 0 Å². The number of nitrogen functional groups attached to an aromatic ring is 1. The molecule has 2 N–H and O–H groups in total. The van der Waals surface area contributed by atoms with Gasteiger partial charge >= 0.3 is 18.3 Å². The molecule has 0 spiro atoms. The van der Waals surface area contributed by atoms with Gasteiger partial charge in [-0.1, -0.05) is 0 Å². The Hall–Kier alpha value is -2.45. The molecule has 1 aromatic carbocycles. The van der Waals surface area contributed by atoms with E-state index in [4.69, 9.17) is 5.73 Å². The third-order valence-corrected chi connectivity index (χ3v) is 2.02. The summed E-state index contributed by atoms with van der Waals surface area (Å²) in [7, 11) is 0. The van der Waals surface area contributed by atoms with E-state index in [0.29, 0.717) is 0 Å². The molecule has 0 saturated carbocycles. The van der Waals surface area contributed by atoms with Gasteiger partial charge in [-0.3, -0.25) is 10.1 Å². The molecule has 0 saturated heterocycles. The van der Waals surface area contributed by atoms with Crippen LogP contribution in [-0.4, -0.2) is 24.1 Å². The number of nitro benzene ring substituents is 1. The Labute approximate surface area is 106 Å². The van der Waals surface area contributed by atoms with Gasteiger partial charge in [0.25, 0.3) is 0 Å². The molecule has 0 unspecified atom stereocenters. The van der Waals surface area contributed by atoms with Crippen molar-refractivity contribution >= 4 is 17.3 Å². The summed E-state index contributed by atoms with van der Waals surface area (Å²) in [6.45, 7) is -1.68. The van der Waals surface area contributed by atoms with E-state index in [2.05, 4.69) is 9.47 Å². The van der Waals surface area contributed by atoms with Crippen LogP contribution in [0.15, 0.2) is 12.1 Å². The maximum absolute atomic E-state index is 12.1. The molecule has 9 heteroatoms. The number of esters is 1. The van der Waals surface area contributed by atoms with E-state index in [1.54, 1.807) is 0 Å². The minimum absolute atomic E-state index is 0.0319. The second-order valence-corrected chi connectivity index (χ2v) is 3.26. The van der Waals surface area contributed by atoms with Gasteiger partial charge in [-0.25, -0.2) is 4.79 Å². The lowest BCUT2D eigenvalue weighted by atomic mass is 10.1. The molecule has 0 atom stereocenters. The smallest absolute Gasteiger partial charge is 0.387 e. The number of ether oxygens (including phenoxy) is 2. The summed E-state index contributed by atoms with van der Waals surface area (Å²) in [6, 6.07) is 1.63. The minimum Gasteiger partial charge on any atom is -0.462 e. The number of rotatable bonds is 5. The monoisotopic (exact) mass is 276 g/mol. The van der Waals surface area contributed by atoms with Crippen LogP contribution in [-0.2, 0) is 4.74 Å². The van der Waals surface area contributed by atoms with E-state index in [1.165, 1.54) is 6.92 Å². The van der Waals surface area contributed by atoms with Crippen molar-refractivity contribution in [3.8, 4) is 5.75 Å². The molecule has 0 bridgehead atoms. The molecule has 1 rings (SSSR count). The van der Waals surface area contributed by atoms with Crippen LogP contribution >= 0.6 is 0 Å². The first-order valence-electron chi connectivity index (χ1n) is 5.06. The average Bonchev–Trinajstić information content (AvgIpc) is 2.26. The van der Waals surface area contributed by atoms with Crippen molar-refractivity contribution < 1.29 is 28.0 Å². The van der Waals surface area contributed by atoms with Crippen molar-refractivity contribution in [2.75, 3.05) is 12.3 Å². The quantitative estimate of drug-likeness (QED) is 0.381. The Morgan fingerprint density at radius 3 is 2.63 bits per heavy atom. The predicted octanol–water partition coefficient (Wildman–Crippen LogP) is 1.96. The van der Waals surface area contributed by atoms with Crippen molar-refractivity contribution in [2.45, 2.75) is 13.5 Å². The number of carbonyl (C=O) groups is 1. The fourth-order valence-corrected chi connectivity index (χ4v) is 1.37. The van der Waals surface area contributed by atoms with E-state index in [0.717, 1.165) is 12.1 Å². The molecule has 0 aromatic heterocycles. The second-order valence-electron chi connectivity index (χ2n) is 3.26. The minimum atomic E-state index is -3.14. The number of anilines is 1. The normalized spacial score (nSPS) is 10.3. The molecule has 0 radical (unpaired) electrons. The SMILES string of the molecule is CCOC(=O)c1cc(OC(F)F)cc(N)c1[N+](=O)[O-]. The molecular formula is C10H10F2N2O5. The third-order valence-electron chi connectivity index (χ3n) is 2.02. The number of hydrogen-bond donors (Lipinski definition) is 1. The zero-order chi connectivity index (χ0) is 14.6. The summed E-state index contributed by atoms with van der Waals surface area (Å²) >= 11 is 0. The van der Waals surface area contributed by atoms with Gasteiger partial charge in [-0.15, -0.1) is 0 Å². The highest BCUT2D eigenvalue weighted by molar-refractivity contribution is 5.97. The molecule has 0 heterocycles. The van der Waals surface area contributed by atoms with Crippen LogP contribution in [0.1, 0.15) is 17.3 Å². The van der Waals surface area contributed by atoms with Gasteiger partial charge in [0.05, 0.1) is 11.5 Å². The number of hydrogen-bond acceptors (Lipinski definition) is 6. The van der Waals surface area contributed by atoms with Crippen molar-refractivity contribution in [1.29, 1.82) is 0 Å². The summed E-state index contributed by atoms with van der Waals surface area (Å²) in [6.07, 6.45) is 0. The molecule has 0 aliphatic heterocycles. The van der Waals surface area contributed by atoms with Crippen LogP contribution in [0.2, 0.25) is 0 Å². The fraction of sp³-hybridized carbons (Fsp3) is 0.300. The molecule has 104 valence electrons. The highest BCUT2D eigenvalue weighted by Gasteiger charge is 2.26. The molecule has 0 fully saturated rings. The van der Waals surface area contributed by atoms with Gasteiger partial charge in [0.2, 0.25) is 0 Å². The standard InChI is InChI=1S/C10H10F2N2O5/c1-2-18-9(15)6-3-5(19-10(11)12)4-7(13)8(6)14(16)17/h3-4,10H,2,13H2,1H3. The van der Waals surface area contributed by atoms with Gasteiger partial charge in [0.15, 0.2) is 0 Å². The van der Waals surface area contributed by atoms with Gasteiger partial charge < -0.3 is 15.2 Å². The first-order valence-corrected chi connectivity index (χ1v) is 5.06. The van der Waals surface area contributed by atoms with Gasteiger partial charge in [-0.2, -0.15) is 8.78 Å². The van der Waals surface area contributed by atoms with Gasteiger partial charge in [0.1, 0.15) is 17.0 Å². The fourth-order valence-electron chi connectivity index (χ4n) is 1.37. The van der Waals surface area contributed by atoms with Gasteiger partial charge in [-0.05, 0) is 6.92 Å². The van der Waals surface area contributed by atoms with E-state index < -0.39 is 40.2 Å². The van der Waals surface area contributed by atoms with Crippen molar-refractivity contribution in [1.82, 2.24) is 0 Å². The molecule has 0 aliphatic rings. The summed E-state index contributed by atoms with van der Waals surface area (Å²) in [5.41, 5.74) is 3.64. The van der Waals surface area contributed by atoms with Crippen LogP contribution in [0.5, 0.6) is 5.75 Å². The van der Waals surface area contributed by atoms with E-state index in [-0.39, 0.29) is 6.61 Å². The first kappa shape index (κ1) is 14.6. The topological polar surface area (TPSA) is 105 Å². The summed E-state index contributed by atoms with van der Waals surface area (Å²) in [4.78, 5) is 21.5. The molecule has 0 aliphatic carbocycles. The van der Waals surface area contributed by atoms with Crippen LogP contribution in [0.4, 0.5) is 20.2 Å². The number of carbonyl (C=O) groups excluding carboxylic acids is 1. The van der Waals surface area contributed by atoms with Crippen molar-refractivity contribution in [3.63, 3.8) is 0 Å². The predicted molar refractivity (Wildman–Crippen MR) is 60.1 cm³/mol. The maximum Gasteiger partial charge on any atom is 0.387 e. The number of benzene rings is 1. The van der Waals surface area contributed by atoms with Crippen LogP contribution in [0.25, 0.3) is 0 Å². The zero-order valence-electron chi connectivity index (χ0n) is 9.76. The Bertz CT molecular complexity index is 507. The van der Waals surface area contributed by atoms with E-state index >= 15 is 0 Å². The van der Waals surface area contributed by atoms with E-state index in [1.807, 2.05) is 0 Å². The summed E-state index contributed by atoms with van der Waals surface area (Å²) in [5.74, 6) is -1.50. The Kier molecular flexibility index (Phi) is 4.56. The number of nitro groups is 1. The third kappa shape index (κ3) is 3.50. The Morgan fingerprint density at radius 2 is 2.16 bits per heavy atom. The number of halogens is 2. The number of nitrogens with two attached hydrogens (primary N) is 1. The van der Waals surface area contributed by atoms with Crippen molar-refractivity contribution in [3.05, 3.63) is 27.8 Å². The van der Waals surface area contributed by atoms with Crippen LogP contribution in [0.3, 0.4) is 0 Å². The zero-order valence-corrected chi connectivity index (χ0v) is 9.76. The molecular weight excluding hydrogens is 266 g/mol. The van der Waals surface area contributed by atoms with Crippen LogP contribution < -0.4 is 10.5 Å². The summed E-state index contributed by atoms with van der Waals surface area (Å²) < 4.78 is 32.8. The molecule has 1 aromatic rings. The van der Waals surface area contributed by atoms with E-state index in [9.17, 15) is 23.7 Å². The number of nitrogens with zero attached hydrogens (tertiary/aromatic N) is 1. The van der Waals surface area contributed by atoms with Gasteiger partial charge in [0, 0.05) is 12.1 Å². The number of alkyl halides is 2. The highest BCUT2D eigenvalue weighted by atomic mass is 19.3. The molecule has 0 amide bonds. The summed E-state index contributed by atoms with van der Waals surface area (Å²) in [5, 5.41) is 10.8. The second kappa shape index (κ2) is 5.94. The highest BCUT2D eigenvalue weighted by Crippen LogP contribution is 2.32. The molecule has 19 heavy (non-hydrogen) atoms. The lowest BCUT2D eigenvalue weighted by Gasteiger charge is -2.09. The average molecular weight is 276 g/mol. The lowest BCUT2D eigenvalue weighted by molar-refractivity contribution is -0.384. The largest absolute Gasteiger partial charge is 0.462 e. The lowest BCUT2D eigenvalue weighted by Crippen LogP contribution is -2.11. The Balaban J connectivity index is 3.32. The van der Waals surface area contributed by atoms with Crippen LogP contribution in [0, 0.1) is 10.1 Å². The Morgan fingerprint density at radius 1 is 1.53 bits per heavy atom.